The molecule has 1 aromatic carbocycles. The summed E-state index contributed by atoms with van der Waals surface area (Å²) in [5, 5.41) is -0.675. The van der Waals surface area contributed by atoms with Gasteiger partial charge in [0, 0.05) is 5.56 Å². The van der Waals surface area contributed by atoms with Crippen molar-refractivity contribution in [2.24, 2.45) is 0 Å². The lowest BCUT2D eigenvalue weighted by atomic mass is 10.1. The summed E-state index contributed by atoms with van der Waals surface area (Å²) in [5.74, 6) is 0. The van der Waals surface area contributed by atoms with E-state index < -0.39 is 16.9 Å². The molecule has 0 aromatic heterocycles. The Bertz CT molecular complexity index is 332. The first-order valence-electron chi connectivity index (χ1n) is 3.32. The van der Waals surface area contributed by atoms with Crippen LogP contribution in [0.25, 0.3) is 0 Å². The first-order valence-corrected chi connectivity index (χ1v) is 3.76. The highest BCUT2D eigenvalue weighted by molar-refractivity contribution is 7.97. The molecule has 0 spiro atoms. The quantitative estimate of drug-likeness (QED) is 0.699. The largest absolute Gasteiger partial charge is 0.416 e. The smallest absolute Gasteiger partial charge is 0.282 e. The van der Waals surface area contributed by atoms with Gasteiger partial charge in [0.1, 0.15) is 0 Å². The maximum Gasteiger partial charge on any atom is 0.416 e. The highest BCUT2D eigenvalue weighted by atomic mass is 32.1. The normalized spacial score (nSPS) is 11.4. The lowest BCUT2D eigenvalue weighted by molar-refractivity contribution is -0.137. The maximum absolute atomic E-state index is 12.1. The van der Waals surface area contributed by atoms with Crippen molar-refractivity contribution in [3.63, 3.8) is 0 Å². The summed E-state index contributed by atoms with van der Waals surface area (Å²) in [5.41, 5.74) is -0.898. The van der Waals surface area contributed by atoms with Crippen LogP contribution < -0.4 is 0 Å². The molecule has 70 valence electrons. The number of carbonyl (C=O) groups excluding carboxylic acids is 1. The first-order chi connectivity index (χ1) is 5.91. The summed E-state index contributed by atoms with van der Waals surface area (Å²) in [6, 6.07) is 4.13. The molecule has 0 heterocycles. The van der Waals surface area contributed by atoms with Gasteiger partial charge in [-0.2, -0.15) is 13.2 Å². The summed E-state index contributed by atoms with van der Waals surface area (Å²) < 4.78 is 36.3. The van der Waals surface area contributed by atoms with Crippen LogP contribution in [0.15, 0.2) is 24.3 Å². The topological polar surface area (TPSA) is 17.1 Å². The molecular formula is C8H5F3OS. The molecule has 1 nitrogen and oxygen atoms in total. The molecule has 0 fully saturated rings. The average Bonchev–Trinajstić information content (AvgIpc) is 2.03. The van der Waals surface area contributed by atoms with Gasteiger partial charge >= 0.3 is 6.18 Å². The predicted octanol–water partition coefficient (Wildman–Crippen LogP) is 2.78. The minimum absolute atomic E-state index is 0.0573. The third-order valence-electron chi connectivity index (χ3n) is 1.44. The number of hydrogen-bond donors (Lipinski definition) is 1. The van der Waals surface area contributed by atoms with Crippen LogP contribution in [-0.2, 0) is 6.18 Å². The van der Waals surface area contributed by atoms with Crippen LogP contribution in [0.1, 0.15) is 15.9 Å². The molecule has 0 radical (unpaired) electrons. The van der Waals surface area contributed by atoms with Crippen LogP contribution in [0.5, 0.6) is 0 Å². The van der Waals surface area contributed by atoms with E-state index in [1.165, 1.54) is 12.1 Å². The first kappa shape index (κ1) is 10.1. The molecule has 0 saturated carbocycles. The van der Waals surface area contributed by atoms with Gasteiger partial charge in [0.25, 0.3) is 0 Å². The fraction of sp³-hybridized carbons (Fsp3) is 0.125. The fourth-order valence-corrected chi connectivity index (χ4v) is 0.968. The maximum atomic E-state index is 12.1. The molecule has 0 aliphatic heterocycles. The van der Waals surface area contributed by atoms with Crippen molar-refractivity contribution < 1.29 is 18.0 Å². The Morgan fingerprint density at radius 2 is 1.92 bits per heavy atom. The van der Waals surface area contributed by atoms with E-state index in [2.05, 4.69) is 12.6 Å². The van der Waals surface area contributed by atoms with E-state index in [1.807, 2.05) is 0 Å². The molecule has 1 aromatic rings. The Morgan fingerprint density at radius 1 is 1.31 bits per heavy atom. The van der Waals surface area contributed by atoms with E-state index in [1.54, 1.807) is 0 Å². The zero-order valence-electron chi connectivity index (χ0n) is 6.30. The van der Waals surface area contributed by atoms with Gasteiger partial charge in [-0.1, -0.05) is 12.1 Å². The summed E-state index contributed by atoms with van der Waals surface area (Å²) in [6.07, 6.45) is -4.42. The number of thiol groups is 1. The lowest BCUT2D eigenvalue weighted by Crippen LogP contribution is -2.05. The minimum atomic E-state index is -4.42. The van der Waals surface area contributed by atoms with Gasteiger partial charge in [-0.15, -0.1) is 12.6 Å². The molecular weight excluding hydrogens is 201 g/mol. The second kappa shape index (κ2) is 3.41. The summed E-state index contributed by atoms with van der Waals surface area (Å²) >= 11 is 3.42. The SMILES string of the molecule is O=C(S)c1cccc(C(F)(F)F)c1. The Kier molecular flexibility index (Phi) is 2.66. The zero-order chi connectivity index (χ0) is 10.1. The van der Waals surface area contributed by atoms with E-state index >= 15 is 0 Å². The molecule has 0 bridgehead atoms. The van der Waals surface area contributed by atoms with Crippen molar-refractivity contribution >= 4 is 17.7 Å². The molecule has 0 aliphatic carbocycles. The van der Waals surface area contributed by atoms with E-state index in [0.717, 1.165) is 12.1 Å². The van der Waals surface area contributed by atoms with Crippen LogP contribution in [0.3, 0.4) is 0 Å². The van der Waals surface area contributed by atoms with Crippen molar-refractivity contribution in [3.05, 3.63) is 35.4 Å². The van der Waals surface area contributed by atoms with E-state index in [9.17, 15) is 18.0 Å². The molecule has 0 saturated heterocycles. The van der Waals surface area contributed by atoms with Gasteiger partial charge in [0.15, 0.2) is 0 Å². The summed E-state index contributed by atoms with van der Waals surface area (Å²) in [6.45, 7) is 0. The van der Waals surface area contributed by atoms with Crippen LogP contribution in [0, 0.1) is 0 Å². The van der Waals surface area contributed by atoms with Crippen molar-refractivity contribution in [3.8, 4) is 0 Å². The molecule has 0 aliphatic rings. The third kappa shape index (κ3) is 2.48. The number of benzene rings is 1. The van der Waals surface area contributed by atoms with Gasteiger partial charge in [-0.05, 0) is 12.1 Å². The van der Waals surface area contributed by atoms with Gasteiger partial charge in [0.05, 0.1) is 5.56 Å². The standard InChI is InChI=1S/C8H5F3OS/c9-8(10,11)6-3-1-2-5(4-6)7(12)13/h1-4H,(H,12,13). The van der Waals surface area contributed by atoms with Crippen molar-refractivity contribution in [1.29, 1.82) is 0 Å². The monoisotopic (exact) mass is 206 g/mol. The highest BCUT2D eigenvalue weighted by Gasteiger charge is 2.30. The van der Waals surface area contributed by atoms with Crippen LogP contribution >= 0.6 is 12.6 Å². The Hall–Kier alpha value is -0.970. The molecule has 5 heteroatoms. The number of alkyl halides is 3. The second-order valence-electron chi connectivity index (χ2n) is 2.38. The Morgan fingerprint density at radius 3 is 2.38 bits per heavy atom. The Balaban J connectivity index is 3.13. The van der Waals surface area contributed by atoms with Crippen LogP contribution in [-0.4, -0.2) is 5.12 Å². The van der Waals surface area contributed by atoms with Crippen molar-refractivity contribution in [1.82, 2.24) is 0 Å². The number of carbonyl (C=O) groups is 1. The molecule has 0 amide bonds. The van der Waals surface area contributed by atoms with Crippen LogP contribution in [0.2, 0.25) is 0 Å². The van der Waals surface area contributed by atoms with Crippen molar-refractivity contribution in [2.45, 2.75) is 6.18 Å². The minimum Gasteiger partial charge on any atom is -0.282 e. The molecule has 0 atom stereocenters. The van der Waals surface area contributed by atoms with Gasteiger partial charge < -0.3 is 0 Å². The lowest BCUT2D eigenvalue weighted by Gasteiger charge is -2.06. The molecule has 0 unspecified atom stereocenters. The second-order valence-corrected chi connectivity index (χ2v) is 2.79. The van der Waals surface area contributed by atoms with E-state index in [0.29, 0.717) is 0 Å². The molecule has 0 N–H and O–H groups in total. The predicted molar refractivity (Wildman–Crippen MR) is 44.8 cm³/mol. The molecule has 1 rings (SSSR count). The van der Waals surface area contributed by atoms with E-state index in [4.69, 9.17) is 0 Å². The summed E-state index contributed by atoms with van der Waals surface area (Å²) in [7, 11) is 0. The van der Waals surface area contributed by atoms with E-state index in [-0.39, 0.29) is 5.56 Å². The van der Waals surface area contributed by atoms with Gasteiger partial charge in [-0.25, -0.2) is 0 Å². The van der Waals surface area contributed by atoms with Crippen LogP contribution in [0.4, 0.5) is 13.2 Å². The number of hydrogen-bond acceptors (Lipinski definition) is 1. The fourth-order valence-electron chi connectivity index (χ4n) is 0.829. The zero-order valence-corrected chi connectivity index (χ0v) is 7.19. The highest BCUT2D eigenvalue weighted by Crippen LogP contribution is 2.29. The van der Waals surface area contributed by atoms with Gasteiger partial charge in [-0.3, -0.25) is 4.79 Å². The van der Waals surface area contributed by atoms with Crippen molar-refractivity contribution in [2.75, 3.05) is 0 Å². The number of rotatable bonds is 1. The summed E-state index contributed by atoms with van der Waals surface area (Å²) in [4.78, 5) is 10.6. The average molecular weight is 206 g/mol. The molecule has 13 heavy (non-hydrogen) atoms. The number of halogens is 3. The third-order valence-corrected chi connectivity index (χ3v) is 1.70. The van der Waals surface area contributed by atoms with Gasteiger partial charge in [0.2, 0.25) is 5.12 Å². The Labute approximate surface area is 78.0 Å².